The molecule has 0 aromatic carbocycles. The van der Waals surface area contributed by atoms with E-state index in [1.807, 2.05) is 30.8 Å². The Bertz CT molecular complexity index is 101. The maximum atomic E-state index is 5.00. The van der Waals surface area contributed by atoms with Gasteiger partial charge < -0.3 is 9.64 Å². The molecule has 0 aromatic rings. The molecule has 8 heavy (non-hydrogen) atoms. The summed E-state index contributed by atoms with van der Waals surface area (Å²) in [6, 6.07) is 0. The largest absolute Gasteiger partial charge is 0.375 e. The van der Waals surface area contributed by atoms with Crippen molar-refractivity contribution in [2.45, 2.75) is 6.10 Å². The van der Waals surface area contributed by atoms with Gasteiger partial charge in [0.25, 0.3) is 0 Å². The Balaban J connectivity index is 2.34. The molecule has 1 rings (SSSR count). The number of methoxy groups -OCH3 is 1. The molecule has 45 valence electrons. The highest BCUT2D eigenvalue weighted by Crippen LogP contribution is 2.09. The molecule has 0 bridgehead atoms. The van der Waals surface area contributed by atoms with E-state index < -0.39 is 0 Å². The first kappa shape index (κ1) is 5.63. The summed E-state index contributed by atoms with van der Waals surface area (Å²) in [6.07, 6.45) is 4.17. The second-order valence-electron chi connectivity index (χ2n) is 1.86. The first-order valence-electron chi connectivity index (χ1n) is 2.61. The van der Waals surface area contributed by atoms with Crippen molar-refractivity contribution >= 4 is 0 Å². The van der Waals surface area contributed by atoms with Crippen LogP contribution in [0, 0.1) is 6.54 Å². The minimum absolute atomic E-state index is 0.194. The van der Waals surface area contributed by atoms with Crippen LogP contribution in [0.2, 0.25) is 0 Å². The Morgan fingerprint density at radius 3 is 2.62 bits per heavy atom. The summed E-state index contributed by atoms with van der Waals surface area (Å²) in [6.45, 7) is 2.00. The Morgan fingerprint density at radius 1 is 1.62 bits per heavy atom. The van der Waals surface area contributed by atoms with Gasteiger partial charge in [-0.2, -0.15) is 0 Å². The lowest BCUT2D eigenvalue weighted by Gasteiger charge is -2.08. The summed E-state index contributed by atoms with van der Waals surface area (Å²) in [5.41, 5.74) is 0. The maximum absolute atomic E-state index is 5.00. The minimum atomic E-state index is 0.194. The summed E-state index contributed by atoms with van der Waals surface area (Å²) in [5, 5.41) is 0. The molecular weight excluding hydrogens is 102 g/mol. The van der Waals surface area contributed by atoms with E-state index in [9.17, 15) is 0 Å². The quantitative estimate of drug-likeness (QED) is 0.493. The van der Waals surface area contributed by atoms with Gasteiger partial charge >= 0.3 is 0 Å². The molecule has 1 heterocycles. The van der Waals surface area contributed by atoms with Gasteiger partial charge in [0.05, 0.1) is 12.6 Å². The van der Waals surface area contributed by atoms with E-state index in [2.05, 4.69) is 0 Å². The van der Waals surface area contributed by atoms with Crippen molar-refractivity contribution in [3.8, 4) is 0 Å². The Morgan fingerprint density at radius 2 is 2.38 bits per heavy atom. The van der Waals surface area contributed by atoms with E-state index in [-0.39, 0.29) is 6.10 Å². The average Bonchev–Trinajstić information content (AvgIpc) is 2.14. The van der Waals surface area contributed by atoms with Gasteiger partial charge in [0.1, 0.15) is 0 Å². The van der Waals surface area contributed by atoms with Crippen LogP contribution in [0.1, 0.15) is 0 Å². The predicted octanol–water partition coefficient (Wildman–Crippen LogP) is 0.622. The van der Waals surface area contributed by atoms with E-state index in [0.29, 0.717) is 0 Å². The Kier molecular flexibility index (Phi) is 1.53. The maximum Gasteiger partial charge on any atom is 0.0992 e. The van der Waals surface area contributed by atoms with Crippen LogP contribution in [0.3, 0.4) is 0 Å². The lowest BCUT2D eigenvalue weighted by Crippen LogP contribution is -2.11. The third-order valence-corrected chi connectivity index (χ3v) is 1.17. The second-order valence-corrected chi connectivity index (χ2v) is 1.86. The number of likely N-dealkylation sites (N-methyl/N-ethyl adjacent to an activating group) is 1. The van der Waals surface area contributed by atoms with Crippen LogP contribution in [-0.4, -0.2) is 25.2 Å². The van der Waals surface area contributed by atoms with Crippen LogP contribution in [0.5, 0.6) is 0 Å². The van der Waals surface area contributed by atoms with Crippen molar-refractivity contribution in [2.75, 3.05) is 14.2 Å². The minimum Gasteiger partial charge on any atom is -0.375 e. The van der Waals surface area contributed by atoms with Gasteiger partial charge in [0, 0.05) is 14.2 Å². The molecule has 0 spiro atoms. The Labute approximate surface area is 49.7 Å². The molecule has 0 saturated carbocycles. The highest BCUT2D eigenvalue weighted by atomic mass is 16.5. The van der Waals surface area contributed by atoms with Crippen molar-refractivity contribution in [1.29, 1.82) is 0 Å². The first-order valence-corrected chi connectivity index (χ1v) is 2.61. The molecule has 1 aliphatic heterocycles. The fraction of sp³-hybridized carbons (Fsp3) is 0.500. The van der Waals surface area contributed by atoms with Gasteiger partial charge in [-0.3, -0.25) is 0 Å². The van der Waals surface area contributed by atoms with E-state index >= 15 is 0 Å². The standard InChI is InChI=1S/C6H10NO/c1-7-4-3-6(5-7)8-2/h3-6H,1-2H3. The van der Waals surface area contributed by atoms with Crippen LogP contribution < -0.4 is 0 Å². The van der Waals surface area contributed by atoms with E-state index in [1.165, 1.54) is 0 Å². The summed E-state index contributed by atoms with van der Waals surface area (Å²) >= 11 is 0. The van der Waals surface area contributed by atoms with Gasteiger partial charge in [-0.25, -0.2) is 0 Å². The molecule has 0 amide bonds. The highest BCUT2D eigenvalue weighted by molar-refractivity contribution is 5.05. The number of ether oxygens (including phenoxy) is 1. The SMILES string of the molecule is COC1[CH]N(C)C=C1. The van der Waals surface area contributed by atoms with Crippen molar-refractivity contribution in [3.63, 3.8) is 0 Å². The normalized spacial score (nSPS) is 27.2. The predicted molar refractivity (Wildman–Crippen MR) is 32.0 cm³/mol. The second kappa shape index (κ2) is 2.18. The summed E-state index contributed by atoms with van der Waals surface area (Å²) < 4.78 is 5.00. The first-order chi connectivity index (χ1) is 3.83. The zero-order chi connectivity index (χ0) is 5.98. The van der Waals surface area contributed by atoms with Gasteiger partial charge in [0.15, 0.2) is 0 Å². The van der Waals surface area contributed by atoms with Crippen molar-refractivity contribution in [3.05, 3.63) is 18.8 Å². The van der Waals surface area contributed by atoms with Crippen LogP contribution in [-0.2, 0) is 4.74 Å². The van der Waals surface area contributed by atoms with Crippen molar-refractivity contribution in [1.82, 2.24) is 4.90 Å². The average molecular weight is 112 g/mol. The third kappa shape index (κ3) is 1.01. The van der Waals surface area contributed by atoms with Gasteiger partial charge in [-0.05, 0) is 12.3 Å². The summed E-state index contributed by atoms with van der Waals surface area (Å²) in [5.74, 6) is 0. The van der Waals surface area contributed by atoms with Crippen LogP contribution in [0.25, 0.3) is 0 Å². The number of nitrogens with zero attached hydrogens (tertiary/aromatic N) is 1. The van der Waals surface area contributed by atoms with Gasteiger partial charge in [-0.15, -0.1) is 0 Å². The molecule has 1 radical (unpaired) electrons. The molecule has 0 N–H and O–H groups in total. The summed E-state index contributed by atoms with van der Waals surface area (Å²) in [7, 11) is 3.68. The monoisotopic (exact) mass is 112 g/mol. The molecule has 0 aliphatic carbocycles. The highest BCUT2D eigenvalue weighted by Gasteiger charge is 2.10. The number of hydrogen-bond acceptors (Lipinski definition) is 2. The molecule has 1 aliphatic rings. The molecule has 0 aromatic heterocycles. The molecule has 1 atom stereocenters. The molecule has 0 fully saturated rings. The van der Waals surface area contributed by atoms with E-state index in [0.717, 1.165) is 0 Å². The molecule has 1 unspecified atom stereocenters. The van der Waals surface area contributed by atoms with Crippen LogP contribution in [0.15, 0.2) is 12.3 Å². The fourth-order valence-corrected chi connectivity index (χ4v) is 0.691. The summed E-state index contributed by atoms with van der Waals surface area (Å²) in [4.78, 5) is 1.98. The van der Waals surface area contributed by atoms with E-state index in [1.54, 1.807) is 7.11 Å². The lowest BCUT2D eigenvalue weighted by molar-refractivity contribution is 0.157. The lowest BCUT2D eigenvalue weighted by atomic mass is 10.4. The molecule has 2 nitrogen and oxygen atoms in total. The topological polar surface area (TPSA) is 12.5 Å². The molecular formula is C6H10NO. The van der Waals surface area contributed by atoms with Gasteiger partial charge in [0.2, 0.25) is 0 Å². The Hall–Kier alpha value is -0.500. The van der Waals surface area contributed by atoms with E-state index in [4.69, 9.17) is 4.74 Å². The smallest absolute Gasteiger partial charge is 0.0992 e. The number of rotatable bonds is 1. The van der Waals surface area contributed by atoms with Gasteiger partial charge in [-0.1, -0.05) is 0 Å². The van der Waals surface area contributed by atoms with Crippen LogP contribution >= 0.6 is 0 Å². The third-order valence-electron chi connectivity index (χ3n) is 1.17. The fourth-order valence-electron chi connectivity index (χ4n) is 0.691. The van der Waals surface area contributed by atoms with Crippen molar-refractivity contribution in [2.24, 2.45) is 0 Å². The van der Waals surface area contributed by atoms with Crippen molar-refractivity contribution < 1.29 is 4.74 Å². The molecule has 0 saturated heterocycles. The zero-order valence-corrected chi connectivity index (χ0v) is 5.16. The zero-order valence-electron chi connectivity index (χ0n) is 5.16. The van der Waals surface area contributed by atoms with Crippen LogP contribution in [0.4, 0.5) is 0 Å². The number of hydrogen-bond donors (Lipinski definition) is 0. The molecule has 2 heteroatoms.